The highest BCUT2D eigenvalue weighted by atomic mass is 16.5. The zero-order valence-corrected chi connectivity index (χ0v) is 15.7. The van der Waals surface area contributed by atoms with Crippen molar-refractivity contribution in [2.45, 2.75) is 51.9 Å². The van der Waals surface area contributed by atoms with Crippen molar-refractivity contribution in [1.29, 1.82) is 0 Å². The maximum absolute atomic E-state index is 13.0. The zero-order valence-electron chi connectivity index (χ0n) is 15.7. The molecule has 2 aromatic heterocycles. The number of hydrogen-bond donors (Lipinski definition) is 0. The SMILES string of the molecule is Cc1cncc(C(=O)N2CC3CCCC3(c3noc(CC(C)C)n3)C2)c1. The standard InChI is InChI=1S/C20H26N4O2/c1-13(2)7-17-22-19(23-26-17)20-6-4-5-16(20)11-24(12-20)18(25)15-8-14(3)9-21-10-15/h8-10,13,16H,4-7,11-12H2,1-3H3. The summed E-state index contributed by atoms with van der Waals surface area (Å²) in [6, 6.07) is 1.91. The van der Waals surface area contributed by atoms with E-state index in [1.165, 1.54) is 0 Å². The van der Waals surface area contributed by atoms with Crippen LogP contribution in [0.2, 0.25) is 0 Å². The van der Waals surface area contributed by atoms with Gasteiger partial charge >= 0.3 is 0 Å². The molecule has 4 rings (SSSR count). The van der Waals surface area contributed by atoms with E-state index in [4.69, 9.17) is 9.51 Å². The van der Waals surface area contributed by atoms with Gasteiger partial charge in [0.1, 0.15) is 0 Å². The van der Waals surface area contributed by atoms with Gasteiger partial charge in [-0.2, -0.15) is 4.98 Å². The molecule has 138 valence electrons. The van der Waals surface area contributed by atoms with Crippen LogP contribution in [0.15, 0.2) is 23.0 Å². The summed E-state index contributed by atoms with van der Waals surface area (Å²) in [5.41, 5.74) is 1.52. The number of likely N-dealkylation sites (tertiary alicyclic amines) is 1. The Morgan fingerprint density at radius 2 is 2.27 bits per heavy atom. The van der Waals surface area contributed by atoms with Crippen molar-refractivity contribution in [3.63, 3.8) is 0 Å². The smallest absolute Gasteiger partial charge is 0.255 e. The van der Waals surface area contributed by atoms with Gasteiger partial charge in [-0.15, -0.1) is 0 Å². The van der Waals surface area contributed by atoms with Crippen molar-refractivity contribution < 1.29 is 9.32 Å². The van der Waals surface area contributed by atoms with E-state index in [1.807, 2.05) is 17.9 Å². The Kier molecular flexibility index (Phi) is 4.29. The van der Waals surface area contributed by atoms with Crippen LogP contribution in [0.5, 0.6) is 0 Å². The van der Waals surface area contributed by atoms with Crippen molar-refractivity contribution in [3.05, 3.63) is 41.3 Å². The van der Waals surface area contributed by atoms with Gasteiger partial charge in [0, 0.05) is 31.9 Å². The van der Waals surface area contributed by atoms with E-state index in [1.54, 1.807) is 12.4 Å². The predicted molar refractivity (Wildman–Crippen MR) is 96.7 cm³/mol. The molecule has 2 aromatic rings. The van der Waals surface area contributed by atoms with Crippen LogP contribution in [0.1, 0.15) is 60.7 Å². The largest absolute Gasteiger partial charge is 0.339 e. The first-order valence-electron chi connectivity index (χ1n) is 9.52. The van der Waals surface area contributed by atoms with Gasteiger partial charge in [0.05, 0.1) is 11.0 Å². The van der Waals surface area contributed by atoms with Crippen molar-refractivity contribution in [3.8, 4) is 0 Å². The third kappa shape index (κ3) is 2.91. The van der Waals surface area contributed by atoms with E-state index in [-0.39, 0.29) is 11.3 Å². The monoisotopic (exact) mass is 354 g/mol. The molecule has 0 radical (unpaired) electrons. The lowest BCUT2D eigenvalue weighted by molar-refractivity contribution is 0.0776. The Morgan fingerprint density at radius 1 is 1.42 bits per heavy atom. The highest BCUT2D eigenvalue weighted by molar-refractivity contribution is 5.94. The first-order chi connectivity index (χ1) is 12.5. The van der Waals surface area contributed by atoms with E-state index >= 15 is 0 Å². The van der Waals surface area contributed by atoms with Crippen LogP contribution in [-0.2, 0) is 11.8 Å². The maximum Gasteiger partial charge on any atom is 0.255 e. The summed E-state index contributed by atoms with van der Waals surface area (Å²) in [7, 11) is 0. The summed E-state index contributed by atoms with van der Waals surface area (Å²) in [4.78, 5) is 23.8. The van der Waals surface area contributed by atoms with E-state index in [0.717, 1.165) is 43.6 Å². The van der Waals surface area contributed by atoms with Gasteiger partial charge in [-0.3, -0.25) is 9.78 Å². The number of aromatic nitrogens is 3. The lowest BCUT2D eigenvalue weighted by Crippen LogP contribution is -2.35. The van der Waals surface area contributed by atoms with Crippen LogP contribution >= 0.6 is 0 Å². The normalized spacial score (nSPS) is 25.1. The number of carbonyl (C=O) groups excluding carboxylic acids is 1. The van der Waals surface area contributed by atoms with Crippen molar-refractivity contribution in [2.75, 3.05) is 13.1 Å². The fourth-order valence-corrected chi connectivity index (χ4v) is 4.55. The summed E-state index contributed by atoms with van der Waals surface area (Å²) in [6.45, 7) is 7.68. The highest BCUT2D eigenvalue weighted by Crippen LogP contribution is 2.49. The zero-order chi connectivity index (χ0) is 18.3. The lowest BCUT2D eigenvalue weighted by Gasteiger charge is -2.24. The third-order valence-electron chi connectivity index (χ3n) is 5.78. The molecule has 1 amide bonds. The van der Waals surface area contributed by atoms with Gasteiger partial charge in [0.25, 0.3) is 5.91 Å². The van der Waals surface area contributed by atoms with E-state index in [2.05, 4.69) is 24.0 Å². The minimum atomic E-state index is -0.147. The molecular formula is C20H26N4O2. The average Bonchev–Trinajstić information content (AvgIpc) is 3.27. The number of amides is 1. The summed E-state index contributed by atoms with van der Waals surface area (Å²) in [6.07, 6.45) is 7.52. The maximum atomic E-state index is 13.0. The van der Waals surface area contributed by atoms with Gasteiger partial charge in [-0.05, 0) is 43.2 Å². The second kappa shape index (κ2) is 6.49. The molecule has 2 unspecified atom stereocenters. The Morgan fingerprint density at radius 3 is 3.04 bits per heavy atom. The molecule has 0 spiro atoms. The average molecular weight is 354 g/mol. The van der Waals surface area contributed by atoms with Gasteiger partial charge < -0.3 is 9.42 Å². The minimum absolute atomic E-state index is 0.0564. The summed E-state index contributed by atoms with van der Waals surface area (Å²) in [5.74, 6) is 2.46. The first kappa shape index (κ1) is 17.2. The number of aryl methyl sites for hydroxylation is 1. The highest BCUT2D eigenvalue weighted by Gasteiger charge is 2.54. The topological polar surface area (TPSA) is 72.1 Å². The third-order valence-corrected chi connectivity index (χ3v) is 5.78. The van der Waals surface area contributed by atoms with Crippen molar-refractivity contribution in [1.82, 2.24) is 20.0 Å². The van der Waals surface area contributed by atoms with Crippen LogP contribution in [0.4, 0.5) is 0 Å². The fraction of sp³-hybridized carbons (Fsp3) is 0.600. The first-order valence-corrected chi connectivity index (χ1v) is 9.52. The van der Waals surface area contributed by atoms with Gasteiger partial charge in [-0.1, -0.05) is 25.4 Å². The molecule has 0 aromatic carbocycles. The molecule has 1 aliphatic heterocycles. The Labute approximate surface area is 154 Å². The number of carbonyl (C=O) groups is 1. The number of nitrogens with zero attached hydrogens (tertiary/aromatic N) is 4. The van der Waals surface area contributed by atoms with Gasteiger partial charge in [-0.25, -0.2) is 0 Å². The molecule has 6 nitrogen and oxygen atoms in total. The molecular weight excluding hydrogens is 328 g/mol. The van der Waals surface area contributed by atoms with Crippen molar-refractivity contribution in [2.24, 2.45) is 11.8 Å². The fourth-order valence-electron chi connectivity index (χ4n) is 4.55. The Bertz CT molecular complexity index is 816. The number of fused-ring (bicyclic) bond motifs is 1. The summed E-state index contributed by atoms with van der Waals surface area (Å²) < 4.78 is 5.51. The molecule has 3 heterocycles. The minimum Gasteiger partial charge on any atom is -0.339 e. The molecule has 1 aliphatic carbocycles. The lowest BCUT2D eigenvalue weighted by atomic mass is 9.80. The number of hydrogen-bond acceptors (Lipinski definition) is 5. The van der Waals surface area contributed by atoms with Gasteiger partial charge in [0.15, 0.2) is 5.82 Å². The van der Waals surface area contributed by atoms with Gasteiger partial charge in [0.2, 0.25) is 5.89 Å². The summed E-state index contributed by atoms with van der Waals surface area (Å²) in [5, 5.41) is 4.33. The van der Waals surface area contributed by atoms with Crippen LogP contribution in [-0.4, -0.2) is 39.0 Å². The van der Waals surface area contributed by atoms with E-state index in [0.29, 0.717) is 29.8 Å². The van der Waals surface area contributed by atoms with Crippen molar-refractivity contribution >= 4 is 5.91 Å². The molecule has 2 fully saturated rings. The van der Waals surface area contributed by atoms with Crippen LogP contribution in [0.3, 0.4) is 0 Å². The quantitative estimate of drug-likeness (QED) is 0.843. The molecule has 2 atom stereocenters. The second-order valence-corrected chi connectivity index (χ2v) is 8.29. The number of pyridine rings is 1. The summed E-state index contributed by atoms with van der Waals surface area (Å²) >= 11 is 0. The van der Waals surface area contributed by atoms with E-state index in [9.17, 15) is 4.79 Å². The molecule has 0 N–H and O–H groups in total. The predicted octanol–water partition coefficient (Wildman–Crippen LogP) is 3.17. The number of rotatable bonds is 4. The van der Waals surface area contributed by atoms with Crippen LogP contribution in [0.25, 0.3) is 0 Å². The van der Waals surface area contributed by atoms with E-state index < -0.39 is 0 Å². The molecule has 6 heteroatoms. The van der Waals surface area contributed by atoms with Crippen LogP contribution < -0.4 is 0 Å². The molecule has 2 aliphatic rings. The molecule has 0 bridgehead atoms. The van der Waals surface area contributed by atoms with Crippen LogP contribution in [0, 0.1) is 18.8 Å². The Balaban J connectivity index is 1.59. The Hall–Kier alpha value is -2.24. The molecule has 26 heavy (non-hydrogen) atoms. The molecule has 1 saturated heterocycles. The molecule has 1 saturated carbocycles. The second-order valence-electron chi connectivity index (χ2n) is 8.29.